The molecule has 2 amide bonds. The van der Waals surface area contributed by atoms with Crippen molar-refractivity contribution in [1.29, 1.82) is 0 Å². The Morgan fingerprint density at radius 2 is 2.00 bits per heavy atom. The summed E-state index contributed by atoms with van der Waals surface area (Å²) in [6.45, 7) is 4.25. The zero-order valence-electron chi connectivity index (χ0n) is 8.53. The number of carbonyl (C=O) groups is 1. The SMILES string of the molecule is CCNC(=O)Nc1cc(Cl)c(C)cc1Cl. The van der Waals surface area contributed by atoms with Gasteiger partial charge in [-0.05, 0) is 31.5 Å². The summed E-state index contributed by atoms with van der Waals surface area (Å²) in [5, 5.41) is 6.27. The van der Waals surface area contributed by atoms with Crippen LogP contribution in [0.5, 0.6) is 0 Å². The number of anilines is 1. The number of rotatable bonds is 2. The Balaban J connectivity index is 2.86. The van der Waals surface area contributed by atoms with Crippen molar-refractivity contribution in [3.05, 3.63) is 27.7 Å². The Morgan fingerprint density at radius 1 is 1.33 bits per heavy atom. The molecular weight excluding hydrogens is 235 g/mol. The van der Waals surface area contributed by atoms with E-state index in [0.717, 1.165) is 5.56 Å². The molecule has 1 aromatic rings. The third-order valence-electron chi connectivity index (χ3n) is 1.83. The third kappa shape index (κ3) is 3.29. The van der Waals surface area contributed by atoms with Crippen LogP contribution < -0.4 is 10.6 Å². The van der Waals surface area contributed by atoms with E-state index in [-0.39, 0.29) is 6.03 Å². The van der Waals surface area contributed by atoms with E-state index < -0.39 is 0 Å². The summed E-state index contributed by atoms with van der Waals surface area (Å²) in [5.41, 5.74) is 1.39. The van der Waals surface area contributed by atoms with Crippen molar-refractivity contribution in [2.24, 2.45) is 0 Å². The summed E-state index contributed by atoms with van der Waals surface area (Å²) < 4.78 is 0. The molecule has 0 aliphatic rings. The summed E-state index contributed by atoms with van der Waals surface area (Å²) in [6.07, 6.45) is 0. The molecule has 0 heterocycles. The molecule has 5 heteroatoms. The molecule has 0 radical (unpaired) electrons. The van der Waals surface area contributed by atoms with Crippen LogP contribution in [-0.2, 0) is 0 Å². The fourth-order valence-electron chi connectivity index (χ4n) is 1.07. The monoisotopic (exact) mass is 246 g/mol. The van der Waals surface area contributed by atoms with Crippen LogP contribution in [-0.4, -0.2) is 12.6 Å². The first-order valence-electron chi connectivity index (χ1n) is 4.55. The first-order valence-corrected chi connectivity index (χ1v) is 5.30. The van der Waals surface area contributed by atoms with E-state index in [9.17, 15) is 4.79 Å². The maximum Gasteiger partial charge on any atom is 0.319 e. The molecule has 2 N–H and O–H groups in total. The van der Waals surface area contributed by atoms with E-state index >= 15 is 0 Å². The van der Waals surface area contributed by atoms with E-state index in [1.165, 1.54) is 0 Å². The molecule has 15 heavy (non-hydrogen) atoms. The van der Waals surface area contributed by atoms with Gasteiger partial charge in [0.1, 0.15) is 0 Å². The number of hydrogen-bond acceptors (Lipinski definition) is 1. The maximum atomic E-state index is 11.2. The van der Waals surface area contributed by atoms with Gasteiger partial charge < -0.3 is 10.6 Å². The summed E-state index contributed by atoms with van der Waals surface area (Å²) >= 11 is 11.9. The highest BCUT2D eigenvalue weighted by Crippen LogP contribution is 2.28. The molecule has 82 valence electrons. The fourth-order valence-corrected chi connectivity index (χ4v) is 1.50. The molecule has 0 aliphatic heterocycles. The minimum Gasteiger partial charge on any atom is -0.338 e. The van der Waals surface area contributed by atoms with E-state index in [0.29, 0.717) is 22.3 Å². The number of carbonyl (C=O) groups excluding carboxylic acids is 1. The standard InChI is InChI=1S/C10H12Cl2N2O/c1-3-13-10(15)14-9-5-7(11)6(2)4-8(9)12/h4-5H,3H2,1-2H3,(H2,13,14,15). The second-order valence-electron chi connectivity index (χ2n) is 3.07. The van der Waals surface area contributed by atoms with E-state index in [4.69, 9.17) is 23.2 Å². The highest BCUT2D eigenvalue weighted by Gasteiger charge is 2.07. The van der Waals surface area contributed by atoms with Crippen LogP contribution in [0.2, 0.25) is 10.0 Å². The lowest BCUT2D eigenvalue weighted by Gasteiger charge is -2.09. The molecule has 0 spiro atoms. The van der Waals surface area contributed by atoms with Crippen LogP contribution in [0.4, 0.5) is 10.5 Å². The Hall–Kier alpha value is -0.930. The average molecular weight is 247 g/mol. The minimum absolute atomic E-state index is 0.292. The zero-order valence-corrected chi connectivity index (χ0v) is 10.0. The zero-order chi connectivity index (χ0) is 11.4. The van der Waals surface area contributed by atoms with E-state index in [2.05, 4.69) is 10.6 Å². The van der Waals surface area contributed by atoms with Gasteiger partial charge in [0.25, 0.3) is 0 Å². The highest BCUT2D eigenvalue weighted by molar-refractivity contribution is 6.36. The van der Waals surface area contributed by atoms with Gasteiger partial charge >= 0.3 is 6.03 Å². The Morgan fingerprint density at radius 3 is 2.60 bits per heavy atom. The fraction of sp³-hybridized carbons (Fsp3) is 0.300. The van der Waals surface area contributed by atoms with Crippen LogP contribution in [0.15, 0.2) is 12.1 Å². The molecule has 0 saturated carbocycles. The summed E-state index contributed by atoms with van der Waals surface area (Å²) in [7, 11) is 0. The molecule has 1 rings (SSSR count). The number of halogens is 2. The normalized spacial score (nSPS) is 9.87. The summed E-state index contributed by atoms with van der Waals surface area (Å²) in [6, 6.07) is 3.05. The van der Waals surface area contributed by atoms with Gasteiger partial charge in [-0.1, -0.05) is 23.2 Å². The van der Waals surface area contributed by atoms with Gasteiger partial charge in [0.15, 0.2) is 0 Å². The predicted molar refractivity (Wildman–Crippen MR) is 63.9 cm³/mol. The summed E-state index contributed by atoms with van der Waals surface area (Å²) in [5.74, 6) is 0. The van der Waals surface area contributed by atoms with Gasteiger partial charge in [0, 0.05) is 11.6 Å². The second-order valence-corrected chi connectivity index (χ2v) is 3.88. The highest BCUT2D eigenvalue weighted by atomic mass is 35.5. The number of aryl methyl sites for hydroxylation is 1. The Labute approximate surface area is 98.8 Å². The second kappa shape index (κ2) is 5.24. The lowest BCUT2D eigenvalue weighted by molar-refractivity contribution is 0.252. The molecule has 3 nitrogen and oxygen atoms in total. The van der Waals surface area contributed by atoms with Crippen molar-refractivity contribution in [3.63, 3.8) is 0 Å². The third-order valence-corrected chi connectivity index (χ3v) is 2.55. The first-order chi connectivity index (χ1) is 7.04. The van der Waals surface area contributed by atoms with Crippen molar-refractivity contribution in [2.45, 2.75) is 13.8 Å². The van der Waals surface area contributed by atoms with Crippen molar-refractivity contribution in [1.82, 2.24) is 5.32 Å². The number of benzene rings is 1. The molecule has 0 aliphatic carbocycles. The van der Waals surface area contributed by atoms with Gasteiger partial charge in [-0.3, -0.25) is 0 Å². The van der Waals surface area contributed by atoms with Crippen molar-refractivity contribution in [2.75, 3.05) is 11.9 Å². The van der Waals surface area contributed by atoms with E-state index in [1.54, 1.807) is 12.1 Å². The van der Waals surface area contributed by atoms with Gasteiger partial charge in [-0.25, -0.2) is 4.79 Å². The maximum absolute atomic E-state index is 11.2. The average Bonchev–Trinajstić information content (AvgIpc) is 2.14. The number of amides is 2. The number of hydrogen-bond donors (Lipinski definition) is 2. The Bertz CT molecular complexity index is 380. The number of urea groups is 1. The van der Waals surface area contributed by atoms with Gasteiger partial charge in [-0.15, -0.1) is 0 Å². The van der Waals surface area contributed by atoms with Gasteiger partial charge in [0.2, 0.25) is 0 Å². The smallest absolute Gasteiger partial charge is 0.319 e. The quantitative estimate of drug-likeness (QED) is 0.825. The van der Waals surface area contributed by atoms with Crippen LogP contribution >= 0.6 is 23.2 Å². The first kappa shape index (κ1) is 12.1. The summed E-state index contributed by atoms with van der Waals surface area (Å²) in [4.78, 5) is 11.2. The molecule has 0 bridgehead atoms. The van der Waals surface area contributed by atoms with Crippen molar-refractivity contribution in [3.8, 4) is 0 Å². The van der Waals surface area contributed by atoms with Crippen LogP contribution in [0, 0.1) is 6.92 Å². The van der Waals surface area contributed by atoms with Crippen molar-refractivity contribution < 1.29 is 4.79 Å². The van der Waals surface area contributed by atoms with E-state index in [1.807, 2.05) is 13.8 Å². The molecule has 0 aromatic heterocycles. The van der Waals surface area contributed by atoms with Crippen LogP contribution in [0.25, 0.3) is 0 Å². The lowest BCUT2D eigenvalue weighted by Crippen LogP contribution is -2.28. The topological polar surface area (TPSA) is 41.1 Å². The largest absolute Gasteiger partial charge is 0.338 e. The molecular formula is C10H12Cl2N2O. The van der Waals surface area contributed by atoms with Crippen molar-refractivity contribution >= 4 is 34.9 Å². The Kier molecular flexibility index (Phi) is 4.24. The lowest BCUT2D eigenvalue weighted by atomic mass is 10.2. The minimum atomic E-state index is -0.292. The van der Waals surface area contributed by atoms with Crippen LogP contribution in [0.3, 0.4) is 0 Å². The van der Waals surface area contributed by atoms with Gasteiger partial charge in [0.05, 0.1) is 10.7 Å². The molecule has 0 unspecified atom stereocenters. The van der Waals surface area contributed by atoms with Crippen LogP contribution in [0.1, 0.15) is 12.5 Å². The molecule has 1 aromatic carbocycles. The molecule has 0 fully saturated rings. The number of nitrogens with one attached hydrogen (secondary N) is 2. The molecule has 0 atom stereocenters. The van der Waals surface area contributed by atoms with Gasteiger partial charge in [-0.2, -0.15) is 0 Å². The predicted octanol–water partition coefficient (Wildman–Crippen LogP) is 3.44. The molecule has 0 saturated heterocycles.